The topological polar surface area (TPSA) is 58.2 Å². The molecule has 0 spiro atoms. The second-order valence-electron chi connectivity index (χ2n) is 6.57. The number of rotatable bonds is 6. The zero-order chi connectivity index (χ0) is 19.2. The van der Waals surface area contributed by atoms with Crippen molar-refractivity contribution in [2.75, 3.05) is 16.8 Å². The van der Waals surface area contributed by atoms with Gasteiger partial charge in [-0.2, -0.15) is 13.2 Å². The molecule has 144 valence electrons. The number of anilines is 1. The Labute approximate surface area is 155 Å². The average Bonchev–Trinajstić information content (AvgIpc) is 2.54. The Balaban J connectivity index is 1.62. The van der Waals surface area contributed by atoms with Gasteiger partial charge in [0.2, 0.25) is 11.8 Å². The molecule has 0 bridgehead atoms. The zero-order valence-corrected chi connectivity index (χ0v) is 15.4. The number of carbonyl (C=O) groups excluding carboxylic acids is 2. The number of carbonyl (C=O) groups is 2. The molecule has 0 atom stereocenters. The summed E-state index contributed by atoms with van der Waals surface area (Å²) >= 11 is 1.18. The minimum absolute atomic E-state index is 0.0560. The van der Waals surface area contributed by atoms with E-state index in [1.807, 2.05) is 25.1 Å². The van der Waals surface area contributed by atoms with Gasteiger partial charge in [0.25, 0.3) is 0 Å². The Morgan fingerprint density at radius 3 is 2.38 bits per heavy atom. The van der Waals surface area contributed by atoms with E-state index in [1.165, 1.54) is 11.8 Å². The lowest BCUT2D eigenvalue weighted by Gasteiger charge is -2.30. The highest BCUT2D eigenvalue weighted by Crippen LogP contribution is 2.37. The Bertz CT molecular complexity index is 629. The predicted octanol–water partition coefficient (Wildman–Crippen LogP) is 3.90. The Morgan fingerprint density at radius 2 is 1.77 bits per heavy atom. The van der Waals surface area contributed by atoms with E-state index in [9.17, 15) is 22.8 Å². The summed E-state index contributed by atoms with van der Waals surface area (Å²) in [6, 6.07) is 7.21. The van der Waals surface area contributed by atoms with Crippen LogP contribution in [0.5, 0.6) is 0 Å². The van der Waals surface area contributed by atoms with Crippen molar-refractivity contribution in [2.24, 2.45) is 5.92 Å². The maximum Gasteiger partial charge on any atom is 0.391 e. The van der Waals surface area contributed by atoms with E-state index in [0.29, 0.717) is 18.5 Å². The number of hydrogen-bond donors (Lipinski definition) is 2. The van der Waals surface area contributed by atoms with Gasteiger partial charge in [-0.3, -0.25) is 9.59 Å². The molecule has 1 aromatic rings. The maximum absolute atomic E-state index is 12.6. The fourth-order valence-electron chi connectivity index (χ4n) is 2.99. The first-order chi connectivity index (χ1) is 12.2. The number of aryl methyl sites for hydroxylation is 1. The van der Waals surface area contributed by atoms with Gasteiger partial charge in [-0.15, -0.1) is 11.8 Å². The van der Waals surface area contributed by atoms with Gasteiger partial charge in [0, 0.05) is 11.7 Å². The minimum atomic E-state index is -4.14. The number of thioether (sulfide) groups is 1. The van der Waals surface area contributed by atoms with E-state index in [0.717, 1.165) is 5.56 Å². The summed E-state index contributed by atoms with van der Waals surface area (Å²) in [6.45, 7) is 1.93. The first-order valence-corrected chi connectivity index (χ1v) is 9.70. The van der Waals surface area contributed by atoms with E-state index in [1.54, 1.807) is 6.07 Å². The van der Waals surface area contributed by atoms with Gasteiger partial charge in [-0.25, -0.2) is 0 Å². The Hall–Kier alpha value is -1.70. The fraction of sp³-hybridized carbons (Fsp3) is 0.556. The Morgan fingerprint density at radius 1 is 1.12 bits per heavy atom. The molecule has 1 aliphatic carbocycles. The monoisotopic (exact) mass is 388 g/mol. The normalized spacial score (nSPS) is 20.5. The Kier molecular flexibility index (Phi) is 7.37. The number of nitrogens with one attached hydrogen (secondary N) is 2. The van der Waals surface area contributed by atoms with Crippen LogP contribution in [0.15, 0.2) is 24.3 Å². The molecule has 0 aliphatic heterocycles. The van der Waals surface area contributed by atoms with Crippen molar-refractivity contribution in [3.63, 3.8) is 0 Å². The van der Waals surface area contributed by atoms with Crippen LogP contribution in [0.25, 0.3) is 0 Å². The molecule has 1 aliphatic rings. The number of benzene rings is 1. The molecule has 8 heteroatoms. The largest absolute Gasteiger partial charge is 0.391 e. The highest BCUT2D eigenvalue weighted by molar-refractivity contribution is 8.00. The van der Waals surface area contributed by atoms with Crippen molar-refractivity contribution in [1.82, 2.24) is 5.32 Å². The molecule has 0 aromatic heterocycles. The van der Waals surface area contributed by atoms with Gasteiger partial charge >= 0.3 is 6.18 Å². The molecule has 0 radical (unpaired) electrons. The van der Waals surface area contributed by atoms with Crippen LogP contribution < -0.4 is 10.6 Å². The van der Waals surface area contributed by atoms with Crippen molar-refractivity contribution in [3.05, 3.63) is 29.8 Å². The van der Waals surface area contributed by atoms with E-state index in [-0.39, 0.29) is 42.2 Å². The van der Waals surface area contributed by atoms with Crippen molar-refractivity contribution < 1.29 is 22.8 Å². The second-order valence-corrected chi connectivity index (χ2v) is 7.55. The predicted molar refractivity (Wildman–Crippen MR) is 97.1 cm³/mol. The third kappa shape index (κ3) is 6.90. The van der Waals surface area contributed by atoms with Crippen LogP contribution in [0.3, 0.4) is 0 Å². The average molecular weight is 388 g/mol. The van der Waals surface area contributed by atoms with Crippen LogP contribution in [0.2, 0.25) is 0 Å². The lowest BCUT2D eigenvalue weighted by Crippen LogP contribution is -2.40. The molecular formula is C18H23F3N2O2S. The van der Waals surface area contributed by atoms with Crippen LogP contribution in [-0.2, 0) is 9.59 Å². The van der Waals surface area contributed by atoms with Gasteiger partial charge in [0.05, 0.1) is 17.4 Å². The third-order valence-corrected chi connectivity index (χ3v) is 5.26. The van der Waals surface area contributed by atoms with E-state index < -0.39 is 12.1 Å². The summed E-state index contributed by atoms with van der Waals surface area (Å²) in [4.78, 5) is 23.7. The van der Waals surface area contributed by atoms with Crippen LogP contribution in [0.4, 0.5) is 18.9 Å². The summed E-state index contributed by atoms with van der Waals surface area (Å²) in [7, 11) is 0. The maximum atomic E-state index is 12.6. The van der Waals surface area contributed by atoms with Gasteiger partial charge < -0.3 is 10.6 Å². The standard InChI is InChI=1S/C18H23F3N2O2S/c1-12-3-2-4-15(9-12)23-17(25)11-26-10-16(24)22-14-7-5-13(6-8-14)18(19,20)21/h2-4,9,13-14H,5-8,10-11H2,1H3,(H,22,24)(H,23,25). The molecule has 4 nitrogen and oxygen atoms in total. The molecule has 2 N–H and O–H groups in total. The summed E-state index contributed by atoms with van der Waals surface area (Å²) in [5.74, 6) is -1.44. The van der Waals surface area contributed by atoms with E-state index in [4.69, 9.17) is 0 Å². The highest BCUT2D eigenvalue weighted by Gasteiger charge is 2.41. The van der Waals surface area contributed by atoms with Gasteiger partial charge in [-0.05, 0) is 50.3 Å². The summed E-state index contributed by atoms with van der Waals surface area (Å²) in [5, 5.41) is 5.52. The van der Waals surface area contributed by atoms with Crippen molar-refractivity contribution >= 4 is 29.3 Å². The molecule has 1 aromatic carbocycles. The molecule has 2 amide bonds. The van der Waals surface area contributed by atoms with Crippen LogP contribution in [0.1, 0.15) is 31.2 Å². The number of amides is 2. The first-order valence-electron chi connectivity index (χ1n) is 8.54. The van der Waals surface area contributed by atoms with Crippen LogP contribution in [-0.4, -0.2) is 35.5 Å². The molecular weight excluding hydrogens is 365 g/mol. The number of hydrogen-bond acceptors (Lipinski definition) is 3. The summed E-state index contributed by atoms with van der Waals surface area (Å²) in [5.41, 5.74) is 1.75. The number of halogens is 3. The molecule has 0 heterocycles. The first kappa shape index (κ1) is 20.6. The van der Waals surface area contributed by atoms with Gasteiger partial charge in [0.15, 0.2) is 0 Å². The number of alkyl halides is 3. The molecule has 0 saturated heterocycles. The SMILES string of the molecule is Cc1cccc(NC(=O)CSCC(=O)NC2CCC(C(F)(F)F)CC2)c1. The summed E-state index contributed by atoms with van der Waals surface area (Å²) in [6.07, 6.45) is -3.35. The van der Waals surface area contributed by atoms with Gasteiger partial charge in [0.1, 0.15) is 0 Å². The molecule has 26 heavy (non-hydrogen) atoms. The minimum Gasteiger partial charge on any atom is -0.353 e. The van der Waals surface area contributed by atoms with Crippen LogP contribution in [0, 0.1) is 12.8 Å². The van der Waals surface area contributed by atoms with Crippen molar-refractivity contribution in [2.45, 2.75) is 44.8 Å². The molecule has 1 fully saturated rings. The zero-order valence-electron chi connectivity index (χ0n) is 14.6. The summed E-state index contributed by atoms with van der Waals surface area (Å²) < 4.78 is 37.9. The highest BCUT2D eigenvalue weighted by atomic mass is 32.2. The van der Waals surface area contributed by atoms with E-state index in [2.05, 4.69) is 10.6 Å². The van der Waals surface area contributed by atoms with Crippen LogP contribution >= 0.6 is 11.8 Å². The molecule has 1 saturated carbocycles. The van der Waals surface area contributed by atoms with E-state index >= 15 is 0 Å². The lowest BCUT2D eigenvalue weighted by atomic mass is 9.85. The van der Waals surface area contributed by atoms with Crippen molar-refractivity contribution in [3.8, 4) is 0 Å². The smallest absolute Gasteiger partial charge is 0.353 e. The molecule has 2 rings (SSSR count). The second kappa shape index (κ2) is 9.30. The molecule has 0 unspecified atom stereocenters. The van der Waals surface area contributed by atoms with Gasteiger partial charge in [-0.1, -0.05) is 12.1 Å². The fourth-order valence-corrected chi connectivity index (χ4v) is 3.62. The lowest BCUT2D eigenvalue weighted by molar-refractivity contribution is -0.182. The van der Waals surface area contributed by atoms with Crippen molar-refractivity contribution in [1.29, 1.82) is 0 Å². The third-order valence-electron chi connectivity index (χ3n) is 4.32. The quantitative estimate of drug-likeness (QED) is 0.777.